The topological polar surface area (TPSA) is 307 Å². The second-order valence-corrected chi connectivity index (χ2v) is 31.7. The lowest BCUT2D eigenvalue weighted by Crippen LogP contribution is -2.66. The van der Waals surface area contributed by atoms with E-state index in [4.69, 9.17) is 28.4 Å². The number of carbonyl (C=O) groups is 1. The predicted octanol–water partition coefficient (Wildman–Crippen LogP) is 16.7. The summed E-state index contributed by atoms with van der Waals surface area (Å²) in [6.07, 6.45) is 66.3. The van der Waals surface area contributed by atoms with Gasteiger partial charge in [-0.2, -0.15) is 0 Å². The summed E-state index contributed by atoms with van der Waals surface area (Å²) >= 11 is 0. The standard InChI is InChI=1S/C90H163NO18/c1-3-5-7-9-11-13-15-17-19-21-23-25-27-29-31-33-35-36-38-39-41-43-45-47-49-51-53-55-57-59-61-63-65-67-74(95)73(91-78(96)68-66-64-62-60-58-56-54-52-50-48-46-44-42-40-37-34-32-30-28-26-24-22-20-18-16-14-12-10-8-6-4-2)72-104-88-84(102)81(99)86(76(70-93)106-88)109-90-85(103)82(100)87(77(71-94)107-90)108-89-83(101)80(98)79(97)75(69-92)105-89/h16,18,22,24,28,30,49,51,57,59,65,67,73-77,79-90,92-95,97-103H,3-15,17,19-21,23,25-27,29,31-48,50,52-56,58,60-64,66,68-72H2,1-2H3,(H,91,96)/b18-16-,24-22-,30-28-,51-49+,59-57+,67-65+. The highest BCUT2D eigenvalue weighted by molar-refractivity contribution is 5.76. The molecular weight excluding hydrogens is 1380 g/mol. The van der Waals surface area contributed by atoms with Crippen LogP contribution in [0.4, 0.5) is 0 Å². The van der Waals surface area contributed by atoms with Crippen molar-refractivity contribution in [3.63, 3.8) is 0 Å². The van der Waals surface area contributed by atoms with E-state index in [-0.39, 0.29) is 18.9 Å². The summed E-state index contributed by atoms with van der Waals surface area (Å²) in [4.78, 5) is 13.5. The van der Waals surface area contributed by atoms with E-state index >= 15 is 0 Å². The van der Waals surface area contributed by atoms with Crippen LogP contribution in [-0.2, 0) is 33.2 Å². The number of amides is 1. The van der Waals surface area contributed by atoms with Gasteiger partial charge in [0, 0.05) is 6.42 Å². The monoisotopic (exact) mass is 1550 g/mol. The van der Waals surface area contributed by atoms with Crippen molar-refractivity contribution in [2.45, 2.75) is 465 Å². The van der Waals surface area contributed by atoms with E-state index in [0.717, 1.165) is 57.8 Å². The zero-order valence-corrected chi connectivity index (χ0v) is 68.5. The van der Waals surface area contributed by atoms with Gasteiger partial charge in [-0.3, -0.25) is 4.79 Å². The molecule has 3 aliphatic heterocycles. The van der Waals surface area contributed by atoms with Crippen molar-refractivity contribution in [2.75, 3.05) is 26.4 Å². The lowest BCUT2D eigenvalue weighted by atomic mass is 9.96. The average molecular weight is 1550 g/mol. The van der Waals surface area contributed by atoms with Crippen molar-refractivity contribution in [1.29, 1.82) is 0 Å². The molecule has 0 aromatic carbocycles. The molecule has 17 atom stereocenters. The van der Waals surface area contributed by atoms with Crippen LogP contribution in [0.5, 0.6) is 0 Å². The van der Waals surface area contributed by atoms with Gasteiger partial charge in [0.15, 0.2) is 18.9 Å². The number of aliphatic hydroxyl groups is 11. The second kappa shape index (κ2) is 69.5. The number of unbranched alkanes of at least 4 members (excludes halogenated alkanes) is 46. The molecule has 3 fully saturated rings. The lowest BCUT2D eigenvalue weighted by Gasteiger charge is -2.48. The van der Waals surface area contributed by atoms with E-state index in [1.54, 1.807) is 6.08 Å². The Morgan fingerprint density at radius 3 is 0.982 bits per heavy atom. The molecule has 0 radical (unpaired) electrons. The molecule has 0 aliphatic carbocycles. The molecule has 0 bridgehead atoms. The molecule has 0 aromatic rings. The van der Waals surface area contributed by atoms with Crippen molar-refractivity contribution in [1.82, 2.24) is 5.32 Å². The van der Waals surface area contributed by atoms with Crippen LogP contribution in [0.15, 0.2) is 72.9 Å². The maximum atomic E-state index is 13.5. The van der Waals surface area contributed by atoms with Gasteiger partial charge in [-0.15, -0.1) is 0 Å². The maximum absolute atomic E-state index is 13.5. The SMILES string of the molecule is CCCCCCC/C=C\C/C=C\C/C=C\CCCCCCCCCCCCCCCCCCC(=O)NC(COC1OC(CO)C(OC2OC(CO)C(OC3OC(CO)C(O)C(O)C3O)C(O)C2O)C(O)C1O)C(O)/C=C/CC/C=C/CC/C=C/CCCCCCCCCCCCCCCCCCCCCCCCC. The molecule has 19 heteroatoms. The van der Waals surface area contributed by atoms with Crippen LogP contribution in [0.1, 0.15) is 361 Å². The first-order chi connectivity index (χ1) is 53.3. The van der Waals surface area contributed by atoms with Gasteiger partial charge < -0.3 is 89.9 Å². The molecular formula is C90H163NO18. The molecule has 3 heterocycles. The van der Waals surface area contributed by atoms with Gasteiger partial charge in [0.25, 0.3) is 0 Å². The Bertz CT molecular complexity index is 2250. The lowest BCUT2D eigenvalue weighted by molar-refractivity contribution is -0.379. The number of carbonyl (C=O) groups excluding carboxylic acids is 1. The third-order valence-corrected chi connectivity index (χ3v) is 22.0. The van der Waals surface area contributed by atoms with Crippen molar-refractivity contribution in [3.8, 4) is 0 Å². The molecule has 1 amide bonds. The van der Waals surface area contributed by atoms with Gasteiger partial charge in [-0.1, -0.05) is 344 Å². The number of aliphatic hydroxyl groups excluding tert-OH is 11. The minimum Gasteiger partial charge on any atom is -0.394 e. The van der Waals surface area contributed by atoms with E-state index < -0.39 is 124 Å². The number of allylic oxidation sites excluding steroid dienone is 11. The first-order valence-electron chi connectivity index (χ1n) is 44.7. The van der Waals surface area contributed by atoms with E-state index in [2.05, 4.69) is 79.9 Å². The highest BCUT2D eigenvalue weighted by atomic mass is 16.8. The van der Waals surface area contributed by atoms with Crippen molar-refractivity contribution in [2.24, 2.45) is 0 Å². The molecule has 3 saturated heterocycles. The molecule has 636 valence electrons. The van der Waals surface area contributed by atoms with Crippen molar-refractivity contribution < 1.29 is 89.4 Å². The Balaban J connectivity index is 1.35. The summed E-state index contributed by atoms with van der Waals surface area (Å²) < 4.78 is 34.5. The Morgan fingerprint density at radius 1 is 0.330 bits per heavy atom. The number of ether oxygens (including phenoxy) is 6. The summed E-state index contributed by atoms with van der Waals surface area (Å²) in [7, 11) is 0. The average Bonchev–Trinajstić information content (AvgIpc) is 0.782. The van der Waals surface area contributed by atoms with E-state index in [9.17, 15) is 61.0 Å². The number of nitrogens with one attached hydrogen (secondary N) is 1. The van der Waals surface area contributed by atoms with Gasteiger partial charge in [0.1, 0.15) is 73.2 Å². The first-order valence-corrected chi connectivity index (χ1v) is 44.7. The quantitative estimate of drug-likeness (QED) is 0.0199. The smallest absolute Gasteiger partial charge is 0.220 e. The van der Waals surface area contributed by atoms with E-state index in [0.29, 0.717) is 12.8 Å². The van der Waals surface area contributed by atoms with Gasteiger partial charge in [-0.25, -0.2) is 0 Å². The van der Waals surface area contributed by atoms with Crippen LogP contribution in [-0.4, -0.2) is 193 Å². The van der Waals surface area contributed by atoms with E-state index in [1.165, 1.54) is 270 Å². The molecule has 109 heavy (non-hydrogen) atoms. The van der Waals surface area contributed by atoms with Crippen molar-refractivity contribution in [3.05, 3.63) is 72.9 Å². The highest BCUT2D eigenvalue weighted by Gasteiger charge is 2.54. The molecule has 0 saturated carbocycles. The summed E-state index contributed by atoms with van der Waals surface area (Å²) in [5.41, 5.74) is 0. The Kier molecular flexibility index (Phi) is 64.1. The normalized spacial score (nSPS) is 25.6. The third kappa shape index (κ3) is 48.4. The molecule has 3 aliphatic rings. The number of hydrogen-bond acceptors (Lipinski definition) is 18. The fourth-order valence-corrected chi connectivity index (χ4v) is 14.8. The van der Waals surface area contributed by atoms with Crippen molar-refractivity contribution >= 4 is 5.91 Å². The summed E-state index contributed by atoms with van der Waals surface area (Å²) in [5, 5.41) is 121. The zero-order chi connectivity index (χ0) is 78.8. The molecule has 0 aromatic heterocycles. The van der Waals surface area contributed by atoms with Crippen LogP contribution in [0.2, 0.25) is 0 Å². The van der Waals surface area contributed by atoms with E-state index in [1.807, 2.05) is 6.08 Å². The van der Waals surface area contributed by atoms with Gasteiger partial charge >= 0.3 is 0 Å². The second-order valence-electron chi connectivity index (χ2n) is 31.7. The predicted molar refractivity (Wildman–Crippen MR) is 438 cm³/mol. The molecule has 17 unspecified atom stereocenters. The largest absolute Gasteiger partial charge is 0.394 e. The maximum Gasteiger partial charge on any atom is 0.220 e. The highest BCUT2D eigenvalue weighted by Crippen LogP contribution is 2.33. The Labute approximate surface area is 661 Å². The van der Waals surface area contributed by atoms with Crippen LogP contribution in [0, 0.1) is 0 Å². The molecule has 0 spiro atoms. The Morgan fingerprint density at radius 2 is 0.615 bits per heavy atom. The summed E-state index contributed by atoms with van der Waals surface area (Å²) in [5.74, 6) is -0.286. The fraction of sp³-hybridized carbons (Fsp3) is 0.856. The minimum atomic E-state index is -1.99. The molecule has 19 nitrogen and oxygen atoms in total. The number of rotatable bonds is 72. The zero-order valence-electron chi connectivity index (χ0n) is 68.5. The Hall–Kier alpha value is -2.77. The number of hydrogen-bond donors (Lipinski definition) is 12. The summed E-state index contributed by atoms with van der Waals surface area (Å²) in [6, 6.07) is -1.00. The van der Waals surface area contributed by atoms with Gasteiger partial charge in [0.2, 0.25) is 5.91 Å². The van der Waals surface area contributed by atoms with Gasteiger partial charge in [0.05, 0.1) is 38.6 Å². The van der Waals surface area contributed by atoms with Crippen LogP contribution in [0.25, 0.3) is 0 Å². The van der Waals surface area contributed by atoms with Crippen LogP contribution < -0.4 is 5.32 Å². The molecule has 3 rings (SSSR count). The van der Waals surface area contributed by atoms with Gasteiger partial charge in [-0.05, 0) is 83.5 Å². The fourth-order valence-electron chi connectivity index (χ4n) is 14.8. The summed E-state index contributed by atoms with van der Waals surface area (Å²) in [6.45, 7) is 1.75. The van der Waals surface area contributed by atoms with Crippen LogP contribution in [0.3, 0.4) is 0 Å². The third-order valence-electron chi connectivity index (χ3n) is 22.0. The first kappa shape index (κ1) is 100. The van der Waals surface area contributed by atoms with Crippen LogP contribution >= 0.6 is 0 Å². The minimum absolute atomic E-state index is 0.231. The molecule has 12 N–H and O–H groups in total.